The summed E-state index contributed by atoms with van der Waals surface area (Å²) in [6, 6.07) is 6.46. The molecule has 3 heterocycles. The number of likely N-dealkylation sites (tertiary alicyclic amines) is 1. The van der Waals surface area contributed by atoms with Crippen molar-refractivity contribution < 1.29 is 4.79 Å². The lowest BCUT2D eigenvalue weighted by Gasteiger charge is -2.35. The Kier molecular flexibility index (Phi) is 9.62. The van der Waals surface area contributed by atoms with Crippen LogP contribution in [-0.4, -0.2) is 49.4 Å². The number of piperidine rings is 2. The molecule has 0 amide bonds. The van der Waals surface area contributed by atoms with E-state index in [1.807, 2.05) is 12.3 Å². The second-order valence-electron chi connectivity index (χ2n) is 9.87. The summed E-state index contributed by atoms with van der Waals surface area (Å²) in [5.74, 6) is 1.64. The molecule has 2 fully saturated rings. The van der Waals surface area contributed by atoms with E-state index in [-0.39, 0.29) is 0 Å². The van der Waals surface area contributed by atoms with E-state index in [9.17, 15) is 4.79 Å². The largest absolute Gasteiger partial charge is 0.317 e. The van der Waals surface area contributed by atoms with E-state index in [1.54, 1.807) is 0 Å². The number of benzene rings is 1. The molecule has 0 spiro atoms. The normalized spacial score (nSPS) is 21.6. The number of aromatic nitrogens is 1. The van der Waals surface area contributed by atoms with E-state index in [0.29, 0.717) is 17.8 Å². The summed E-state index contributed by atoms with van der Waals surface area (Å²) in [6.07, 6.45) is 10.6. The van der Waals surface area contributed by atoms with Gasteiger partial charge in [0.1, 0.15) is 6.29 Å². The van der Waals surface area contributed by atoms with Crippen molar-refractivity contribution >= 4 is 49.7 Å². The van der Waals surface area contributed by atoms with Gasteiger partial charge in [0.15, 0.2) is 0 Å². The van der Waals surface area contributed by atoms with Crippen LogP contribution in [0, 0.1) is 11.8 Å². The molecule has 0 saturated carbocycles. The van der Waals surface area contributed by atoms with Crippen molar-refractivity contribution in [2.75, 3.05) is 33.2 Å². The van der Waals surface area contributed by atoms with E-state index in [4.69, 9.17) is 16.6 Å². The predicted octanol–water partition coefficient (Wildman–Crippen LogP) is 6.41. The summed E-state index contributed by atoms with van der Waals surface area (Å²) in [5.41, 5.74) is 5.42. The van der Waals surface area contributed by atoms with Crippen LogP contribution in [0.3, 0.4) is 0 Å². The molecule has 1 aromatic heterocycles. The highest BCUT2D eigenvalue weighted by Crippen LogP contribution is 2.46. The minimum Gasteiger partial charge on any atom is -0.317 e. The third-order valence-electron chi connectivity index (χ3n) is 7.54. The van der Waals surface area contributed by atoms with Gasteiger partial charge in [0.25, 0.3) is 0 Å². The molecule has 5 rings (SSSR count). The molecular weight excluding hydrogens is 578 g/mol. The average Bonchev–Trinajstić information content (AvgIpc) is 2.98. The van der Waals surface area contributed by atoms with Gasteiger partial charge >= 0.3 is 0 Å². The molecule has 0 unspecified atom stereocenters. The van der Waals surface area contributed by atoms with Crippen molar-refractivity contribution in [3.8, 4) is 0 Å². The molecule has 2 aliphatic heterocycles. The fraction of sp³-hybridized carbons (Fsp3) is 0.556. The summed E-state index contributed by atoms with van der Waals surface area (Å²) < 4.78 is 2.20. The van der Waals surface area contributed by atoms with Crippen LogP contribution in [0.25, 0.3) is 0 Å². The van der Waals surface area contributed by atoms with Crippen LogP contribution in [-0.2, 0) is 17.6 Å². The van der Waals surface area contributed by atoms with E-state index in [2.05, 4.69) is 61.3 Å². The summed E-state index contributed by atoms with van der Waals surface area (Å²) in [7, 11) is 2.22. The first-order valence-corrected chi connectivity index (χ1v) is 14.4. The Morgan fingerprint density at radius 1 is 1.09 bits per heavy atom. The number of carbonyl (C=O) groups is 1. The van der Waals surface area contributed by atoms with Crippen LogP contribution in [0.15, 0.2) is 33.3 Å². The number of aldehydes is 1. The Hall–Kier alpha value is -0.790. The van der Waals surface area contributed by atoms with Crippen LogP contribution in [0.4, 0.5) is 0 Å². The second kappa shape index (κ2) is 12.4. The Labute approximate surface area is 225 Å². The van der Waals surface area contributed by atoms with E-state index in [0.717, 1.165) is 65.7 Å². The van der Waals surface area contributed by atoms with Gasteiger partial charge in [-0.3, -0.25) is 4.98 Å². The first-order chi connectivity index (χ1) is 16.5. The number of halogens is 3. The van der Waals surface area contributed by atoms with Gasteiger partial charge in [-0.1, -0.05) is 27.5 Å². The monoisotopic (exact) mass is 609 g/mol. The Balaban J connectivity index is 0.000000257. The molecule has 2 aromatic rings. The van der Waals surface area contributed by atoms with Gasteiger partial charge in [0.2, 0.25) is 0 Å². The van der Waals surface area contributed by atoms with Gasteiger partial charge in [0.05, 0.1) is 5.69 Å². The molecule has 1 aliphatic carbocycles. The average molecular weight is 612 g/mol. The molecule has 1 atom stereocenters. The maximum absolute atomic E-state index is 10.1. The van der Waals surface area contributed by atoms with Crippen molar-refractivity contribution in [3.63, 3.8) is 0 Å². The van der Waals surface area contributed by atoms with Crippen molar-refractivity contribution in [3.05, 3.63) is 60.7 Å². The highest BCUT2D eigenvalue weighted by molar-refractivity contribution is 9.10. The summed E-state index contributed by atoms with van der Waals surface area (Å²) >= 11 is 13.8. The minimum atomic E-state index is 0.348. The molecule has 4 nitrogen and oxygen atoms in total. The highest BCUT2D eigenvalue weighted by atomic mass is 79.9. The van der Waals surface area contributed by atoms with Gasteiger partial charge in [-0.15, -0.1) is 0 Å². The van der Waals surface area contributed by atoms with Crippen LogP contribution in [0.2, 0.25) is 5.02 Å². The maximum atomic E-state index is 10.1. The van der Waals surface area contributed by atoms with Crippen LogP contribution < -0.4 is 5.32 Å². The number of hydrogen-bond donors (Lipinski definition) is 1. The lowest BCUT2D eigenvalue weighted by molar-refractivity contribution is -0.108. The molecule has 1 aromatic carbocycles. The lowest BCUT2D eigenvalue weighted by atomic mass is 9.76. The summed E-state index contributed by atoms with van der Waals surface area (Å²) in [6.45, 7) is 4.51. The van der Waals surface area contributed by atoms with Crippen molar-refractivity contribution in [1.29, 1.82) is 0 Å². The zero-order valence-corrected chi connectivity index (χ0v) is 23.8. The number of hydrogen-bond acceptors (Lipinski definition) is 4. The summed E-state index contributed by atoms with van der Waals surface area (Å²) in [4.78, 5) is 17.4. The van der Waals surface area contributed by atoms with E-state index < -0.39 is 0 Å². The number of pyridine rings is 1. The van der Waals surface area contributed by atoms with Crippen LogP contribution in [0.5, 0.6) is 0 Å². The smallest absolute Gasteiger partial charge is 0.120 e. The molecule has 0 bridgehead atoms. The van der Waals surface area contributed by atoms with Gasteiger partial charge in [-0.2, -0.15) is 0 Å². The van der Waals surface area contributed by atoms with Gasteiger partial charge < -0.3 is 15.0 Å². The fourth-order valence-electron chi connectivity index (χ4n) is 5.65. The van der Waals surface area contributed by atoms with Crippen LogP contribution >= 0.6 is 43.5 Å². The fourth-order valence-corrected chi connectivity index (χ4v) is 7.14. The van der Waals surface area contributed by atoms with Crippen molar-refractivity contribution in [2.24, 2.45) is 11.8 Å². The highest BCUT2D eigenvalue weighted by Gasteiger charge is 2.35. The third-order valence-corrected chi connectivity index (χ3v) is 8.85. The number of fused-ring (bicyclic) bond motifs is 2. The Bertz CT molecular complexity index is 988. The topological polar surface area (TPSA) is 45.2 Å². The lowest BCUT2D eigenvalue weighted by Crippen LogP contribution is -2.33. The molecule has 1 N–H and O–H groups in total. The minimum absolute atomic E-state index is 0.348. The van der Waals surface area contributed by atoms with Crippen molar-refractivity contribution in [2.45, 2.75) is 50.9 Å². The van der Waals surface area contributed by atoms with E-state index >= 15 is 0 Å². The standard InChI is InChI=1S/C20H21Br2ClN2.C7H13NO/c1-25-6-4-12(5-7-25)19-18-13(9-16(23)10-17(18)22)2-3-14-8-15(21)11-24-20(14)19;9-6-3-7-1-4-8-5-2-7/h8-12,19H,2-7H2,1H3;6-8H,1-5H2/t19-;/m1./s1. The van der Waals surface area contributed by atoms with Gasteiger partial charge in [0, 0.05) is 32.5 Å². The number of nitrogens with one attached hydrogen (secondary N) is 1. The molecular formula is C27H34Br2ClN3O. The van der Waals surface area contributed by atoms with Gasteiger partial charge in [-0.05, 0) is 134 Å². The second-order valence-corrected chi connectivity index (χ2v) is 12.1. The first kappa shape index (κ1) is 26.3. The molecule has 34 heavy (non-hydrogen) atoms. The Morgan fingerprint density at radius 3 is 2.50 bits per heavy atom. The number of carbonyl (C=O) groups excluding carboxylic acids is 1. The molecule has 0 radical (unpaired) electrons. The van der Waals surface area contributed by atoms with E-state index in [1.165, 1.54) is 48.1 Å². The first-order valence-electron chi connectivity index (χ1n) is 12.4. The van der Waals surface area contributed by atoms with Gasteiger partial charge in [-0.25, -0.2) is 0 Å². The molecule has 184 valence electrons. The van der Waals surface area contributed by atoms with Crippen LogP contribution in [0.1, 0.15) is 60.4 Å². The molecule has 7 heteroatoms. The number of nitrogens with zero attached hydrogens (tertiary/aromatic N) is 2. The quantitative estimate of drug-likeness (QED) is 0.408. The zero-order chi connectivity index (χ0) is 24.1. The number of aryl methyl sites for hydroxylation is 2. The SMILES string of the molecule is CN1CCC([C@H]2c3ncc(Br)cc3CCc3cc(Cl)cc(Br)c32)CC1.O=CCC1CCNCC1. The Morgan fingerprint density at radius 2 is 1.79 bits per heavy atom. The number of rotatable bonds is 3. The third kappa shape index (κ3) is 6.50. The molecule has 2 saturated heterocycles. The maximum Gasteiger partial charge on any atom is 0.120 e. The zero-order valence-electron chi connectivity index (χ0n) is 19.8. The summed E-state index contributed by atoms with van der Waals surface area (Å²) in [5, 5.41) is 4.07. The predicted molar refractivity (Wildman–Crippen MR) is 147 cm³/mol. The van der Waals surface area contributed by atoms with Crippen molar-refractivity contribution in [1.82, 2.24) is 15.2 Å². The molecule has 3 aliphatic rings.